The van der Waals surface area contributed by atoms with Crippen molar-refractivity contribution in [2.24, 2.45) is 5.73 Å². The molecule has 0 radical (unpaired) electrons. The summed E-state index contributed by atoms with van der Waals surface area (Å²) in [6.45, 7) is 0.633. The highest BCUT2D eigenvalue weighted by Crippen LogP contribution is 2.19. The second-order valence-electron chi connectivity index (χ2n) is 4.39. The molecule has 0 unspecified atom stereocenters. The second-order valence-corrected chi connectivity index (χ2v) is 5.09. The third kappa shape index (κ3) is 3.52. The van der Waals surface area contributed by atoms with E-state index in [0.29, 0.717) is 17.7 Å². The summed E-state index contributed by atoms with van der Waals surface area (Å²) >= 11 is 11.6. The van der Waals surface area contributed by atoms with Crippen LogP contribution in [0.5, 0.6) is 0 Å². The van der Waals surface area contributed by atoms with Crippen molar-refractivity contribution < 1.29 is 0 Å². The molecule has 0 aliphatic heterocycles. The zero-order valence-electron chi connectivity index (χ0n) is 9.50. The minimum absolute atomic E-state index is 0.174. The number of nitrogens with zero attached hydrogens (tertiary/aromatic N) is 2. The molecular weight excluding hydrogens is 259 g/mol. The molecule has 6 heteroatoms. The molecule has 4 nitrogen and oxygen atoms in total. The molecule has 1 aromatic heterocycles. The van der Waals surface area contributed by atoms with E-state index in [4.69, 9.17) is 28.9 Å². The highest BCUT2D eigenvalue weighted by atomic mass is 35.5. The Hall–Kier alpha value is -0.420. The van der Waals surface area contributed by atoms with Crippen LogP contribution in [-0.2, 0) is 6.54 Å². The van der Waals surface area contributed by atoms with Crippen LogP contribution in [0.3, 0.4) is 0 Å². The molecule has 0 aromatic carbocycles. The van der Waals surface area contributed by atoms with Crippen LogP contribution in [0.25, 0.3) is 0 Å². The van der Waals surface area contributed by atoms with Crippen LogP contribution in [0.4, 0.5) is 0 Å². The van der Waals surface area contributed by atoms with Crippen molar-refractivity contribution >= 4 is 23.2 Å². The third-order valence-electron chi connectivity index (χ3n) is 3.16. The summed E-state index contributed by atoms with van der Waals surface area (Å²) < 4.78 is 0. The summed E-state index contributed by atoms with van der Waals surface area (Å²) in [7, 11) is 0. The first-order chi connectivity index (χ1) is 8.16. The van der Waals surface area contributed by atoms with Crippen LogP contribution < -0.4 is 11.1 Å². The van der Waals surface area contributed by atoms with Gasteiger partial charge in [-0.1, -0.05) is 24.4 Å². The largest absolute Gasteiger partial charge is 0.326 e. The lowest BCUT2D eigenvalue weighted by Gasteiger charge is -2.29. The molecule has 2 rings (SSSR count). The molecule has 0 bridgehead atoms. The second kappa shape index (κ2) is 5.96. The Morgan fingerprint density at radius 3 is 2.82 bits per heavy atom. The number of nitrogens with one attached hydrogen (secondary N) is 1. The van der Waals surface area contributed by atoms with E-state index in [9.17, 15) is 0 Å². The first-order valence-electron chi connectivity index (χ1n) is 5.82. The van der Waals surface area contributed by atoms with Crippen LogP contribution in [0.15, 0.2) is 6.20 Å². The highest BCUT2D eigenvalue weighted by Gasteiger charge is 2.21. The average molecular weight is 275 g/mol. The van der Waals surface area contributed by atoms with Crippen molar-refractivity contribution in [3.63, 3.8) is 0 Å². The van der Waals surface area contributed by atoms with Crippen molar-refractivity contribution in [2.75, 3.05) is 0 Å². The normalized spacial score (nSPS) is 24.9. The first-order valence-corrected chi connectivity index (χ1v) is 6.58. The molecule has 0 saturated heterocycles. The quantitative estimate of drug-likeness (QED) is 0.655. The highest BCUT2D eigenvalue weighted by molar-refractivity contribution is 6.32. The van der Waals surface area contributed by atoms with E-state index in [1.165, 1.54) is 12.8 Å². The van der Waals surface area contributed by atoms with Crippen molar-refractivity contribution in [3.05, 3.63) is 22.2 Å². The Balaban J connectivity index is 1.92. The standard InChI is InChI=1S/C11H16Cl2N4/c12-10-7(6-16-11(13)17-10)5-15-9-4-2-1-3-8(9)14/h6,8-9,15H,1-5,14H2/t8-,9-/m0/s1. The summed E-state index contributed by atoms with van der Waals surface area (Å²) in [5.74, 6) is 0. The third-order valence-corrected chi connectivity index (χ3v) is 3.67. The lowest BCUT2D eigenvalue weighted by Crippen LogP contribution is -2.46. The number of halogens is 2. The fourth-order valence-corrected chi connectivity index (χ4v) is 2.51. The Bertz CT molecular complexity index is 386. The first kappa shape index (κ1) is 13.0. The fourth-order valence-electron chi connectivity index (χ4n) is 2.14. The number of hydrogen-bond donors (Lipinski definition) is 2. The van der Waals surface area contributed by atoms with Crippen molar-refractivity contribution in [1.82, 2.24) is 15.3 Å². The van der Waals surface area contributed by atoms with E-state index in [1.54, 1.807) is 6.20 Å². The van der Waals surface area contributed by atoms with Gasteiger partial charge in [0.2, 0.25) is 5.28 Å². The topological polar surface area (TPSA) is 63.8 Å². The van der Waals surface area contributed by atoms with E-state index in [2.05, 4.69) is 15.3 Å². The van der Waals surface area contributed by atoms with Gasteiger partial charge in [-0.25, -0.2) is 9.97 Å². The molecule has 1 saturated carbocycles. The number of nitrogens with two attached hydrogens (primary N) is 1. The molecule has 2 atom stereocenters. The predicted octanol–water partition coefficient (Wildman–Crippen LogP) is 2.14. The Morgan fingerprint density at radius 1 is 1.35 bits per heavy atom. The summed E-state index contributed by atoms with van der Waals surface area (Å²) in [6, 6.07) is 0.589. The van der Waals surface area contributed by atoms with Crippen LogP contribution in [0, 0.1) is 0 Å². The molecule has 0 spiro atoms. The van der Waals surface area contributed by atoms with E-state index in [-0.39, 0.29) is 11.3 Å². The van der Waals surface area contributed by atoms with Gasteiger partial charge in [0.25, 0.3) is 0 Å². The maximum absolute atomic E-state index is 6.06. The van der Waals surface area contributed by atoms with Gasteiger partial charge in [0, 0.05) is 30.4 Å². The van der Waals surface area contributed by atoms with E-state index < -0.39 is 0 Å². The SMILES string of the molecule is N[C@H]1CCCC[C@@H]1NCc1cnc(Cl)nc1Cl. The lowest BCUT2D eigenvalue weighted by molar-refractivity contribution is 0.326. The van der Waals surface area contributed by atoms with Gasteiger partial charge in [0.15, 0.2) is 0 Å². The fraction of sp³-hybridized carbons (Fsp3) is 0.636. The maximum atomic E-state index is 6.06. The van der Waals surface area contributed by atoms with Gasteiger partial charge < -0.3 is 11.1 Å². The number of hydrogen-bond acceptors (Lipinski definition) is 4. The van der Waals surface area contributed by atoms with E-state index in [1.807, 2.05) is 0 Å². The zero-order valence-corrected chi connectivity index (χ0v) is 11.0. The van der Waals surface area contributed by atoms with Crippen LogP contribution in [0.2, 0.25) is 10.4 Å². The summed E-state index contributed by atoms with van der Waals surface area (Å²) in [4.78, 5) is 7.83. The van der Waals surface area contributed by atoms with Crippen LogP contribution in [0.1, 0.15) is 31.2 Å². The summed E-state index contributed by atoms with van der Waals surface area (Å²) in [6.07, 6.45) is 6.31. The Morgan fingerprint density at radius 2 is 2.12 bits per heavy atom. The minimum Gasteiger partial charge on any atom is -0.326 e. The van der Waals surface area contributed by atoms with Gasteiger partial charge in [-0.2, -0.15) is 0 Å². The van der Waals surface area contributed by atoms with E-state index in [0.717, 1.165) is 18.4 Å². The molecule has 1 aliphatic rings. The monoisotopic (exact) mass is 274 g/mol. The summed E-state index contributed by atoms with van der Waals surface area (Å²) in [5.41, 5.74) is 6.91. The van der Waals surface area contributed by atoms with Gasteiger partial charge in [0.05, 0.1) is 0 Å². The van der Waals surface area contributed by atoms with Gasteiger partial charge in [0.1, 0.15) is 5.15 Å². The van der Waals surface area contributed by atoms with Crippen LogP contribution in [-0.4, -0.2) is 22.1 Å². The molecule has 3 N–H and O–H groups in total. The zero-order chi connectivity index (χ0) is 12.3. The van der Waals surface area contributed by atoms with Crippen molar-refractivity contribution in [3.8, 4) is 0 Å². The molecule has 1 heterocycles. The molecule has 1 fully saturated rings. The number of aromatic nitrogens is 2. The minimum atomic E-state index is 0.174. The molecule has 1 aliphatic carbocycles. The molecule has 1 aromatic rings. The number of rotatable bonds is 3. The predicted molar refractivity (Wildman–Crippen MR) is 69.1 cm³/mol. The Kier molecular flexibility index (Phi) is 4.56. The molecular formula is C11H16Cl2N4. The van der Waals surface area contributed by atoms with Crippen molar-refractivity contribution in [1.29, 1.82) is 0 Å². The average Bonchev–Trinajstić information content (AvgIpc) is 2.30. The Labute approximate surface area is 111 Å². The van der Waals surface area contributed by atoms with Gasteiger partial charge in [-0.05, 0) is 24.4 Å². The molecule has 17 heavy (non-hydrogen) atoms. The summed E-state index contributed by atoms with van der Waals surface area (Å²) in [5, 5.41) is 3.99. The van der Waals surface area contributed by atoms with Gasteiger partial charge in [-0.3, -0.25) is 0 Å². The lowest BCUT2D eigenvalue weighted by atomic mass is 9.91. The van der Waals surface area contributed by atoms with Gasteiger partial charge in [-0.15, -0.1) is 0 Å². The molecule has 0 amide bonds. The van der Waals surface area contributed by atoms with Crippen LogP contribution >= 0.6 is 23.2 Å². The van der Waals surface area contributed by atoms with Crippen molar-refractivity contribution in [2.45, 2.75) is 44.3 Å². The maximum Gasteiger partial charge on any atom is 0.223 e. The smallest absolute Gasteiger partial charge is 0.223 e. The van der Waals surface area contributed by atoms with E-state index >= 15 is 0 Å². The molecule has 94 valence electrons. The van der Waals surface area contributed by atoms with Gasteiger partial charge >= 0.3 is 0 Å².